The van der Waals surface area contributed by atoms with E-state index in [1.165, 1.54) is 57.0 Å². The molecule has 0 aromatic heterocycles. The van der Waals surface area contributed by atoms with Crippen LogP contribution in [0.1, 0.15) is 156 Å². The number of epoxide rings is 1. The van der Waals surface area contributed by atoms with Gasteiger partial charge in [-0.2, -0.15) is 0 Å². The number of nitrogens with two attached hydrogens (primary N) is 1. The molecule has 2 aromatic rings. The van der Waals surface area contributed by atoms with E-state index in [2.05, 4.69) is 38.3 Å². The van der Waals surface area contributed by atoms with Gasteiger partial charge in [0.15, 0.2) is 5.78 Å². The fraction of sp³-hybridized carbons (Fsp3) is 0.687. The highest BCUT2D eigenvalue weighted by molar-refractivity contribution is 6.35. The number of aliphatic hydroxyl groups is 1. The lowest BCUT2D eigenvalue weighted by Crippen LogP contribution is -2.53. The summed E-state index contributed by atoms with van der Waals surface area (Å²) in [6.07, 6.45) is 2.97. The third-order valence-electron chi connectivity index (χ3n) is 20.3. The number of carbonyl (C=O) groups is 10. The van der Waals surface area contributed by atoms with Crippen LogP contribution in [-0.2, 0) is 110 Å². The number of rotatable bonds is 49. The number of nitrogens with one attached hydrogen (secondary N) is 2. The highest BCUT2D eigenvalue weighted by Gasteiger charge is 2.56. The highest BCUT2D eigenvalue weighted by Crippen LogP contribution is 2.43. The van der Waals surface area contributed by atoms with Crippen molar-refractivity contribution < 1.29 is 110 Å². The first-order valence-electron chi connectivity index (χ1n) is 39.6. The van der Waals surface area contributed by atoms with Gasteiger partial charge in [0, 0.05) is 104 Å². The molecule has 3 aliphatic heterocycles. The summed E-state index contributed by atoms with van der Waals surface area (Å²) >= 11 is 6.84. The van der Waals surface area contributed by atoms with Crippen LogP contribution in [0.3, 0.4) is 0 Å². The molecule has 2 saturated heterocycles. The smallest absolute Gasteiger partial charge is 0.409 e. The maximum absolute atomic E-state index is 14.4. The van der Waals surface area contributed by atoms with Crippen molar-refractivity contribution in [2.75, 3.05) is 133 Å². The molecule has 0 saturated carbocycles. The summed E-state index contributed by atoms with van der Waals surface area (Å²) < 4.78 is 68.6. The van der Waals surface area contributed by atoms with Crippen LogP contribution in [0.4, 0.5) is 15.3 Å². The summed E-state index contributed by atoms with van der Waals surface area (Å²) in [7, 11) is 7.29. The van der Waals surface area contributed by atoms with E-state index in [-0.39, 0.29) is 113 Å². The van der Waals surface area contributed by atoms with Gasteiger partial charge in [0.2, 0.25) is 17.7 Å². The molecular formula is C83H127ClN6O23. The number of fused-ring (bicyclic) bond motifs is 5. The summed E-state index contributed by atoms with van der Waals surface area (Å²) in [5.74, 6) is -3.27. The number of methoxy groups -OCH3 is 2. The van der Waals surface area contributed by atoms with Gasteiger partial charge in [-0.3, -0.25) is 33.6 Å². The molecule has 634 valence electrons. The maximum Gasteiger partial charge on any atom is 0.409 e. The predicted molar refractivity (Wildman–Crippen MR) is 423 cm³/mol. The zero-order chi connectivity index (χ0) is 83.3. The summed E-state index contributed by atoms with van der Waals surface area (Å²) in [6.45, 7) is 21.8. The van der Waals surface area contributed by atoms with E-state index in [0.717, 1.165) is 24.0 Å². The van der Waals surface area contributed by atoms with E-state index in [1.54, 1.807) is 55.5 Å². The Kier molecular flexibility index (Phi) is 42.6. The molecule has 2 aromatic carbocycles. The van der Waals surface area contributed by atoms with Crippen molar-refractivity contribution >= 4 is 76.4 Å². The van der Waals surface area contributed by atoms with Crippen LogP contribution < -0.4 is 26.0 Å². The molecule has 0 spiro atoms. The Hall–Kier alpha value is -7.45. The quantitative estimate of drug-likeness (QED) is 0.0208. The molecule has 29 nitrogen and oxygen atoms in total. The number of hydrogen-bond donors (Lipinski definition) is 4. The molecule has 5 rings (SSSR count). The van der Waals surface area contributed by atoms with Crippen molar-refractivity contribution in [2.24, 2.45) is 41.2 Å². The SMILES string of the molecule is COc1cc2cc(c1Cl)N(C)C(=O)C[C@@H](OC(=O)[C@H](C)N(C)C(=O)CCN(C)C(=O)OCc1ccc(CC(=O)[C@H](CCCNC(N)=O)NC(=O)[C@@H](CC(=O)CCOCCOCCOCCOCCOCCOCCCC(=O)C(CC(C)C)CC(C)C)C(C)C)cc1)[C@@H]1O[C@H]1C(C)[C@@H]1C[C@@](O)(CC(=O)O1)[C@H](OC)/C=C/C=C(\C)C2. The van der Waals surface area contributed by atoms with Gasteiger partial charge in [-0.1, -0.05) is 108 Å². The van der Waals surface area contributed by atoms with E-state index >= 15 is 0 Å². The summed E-state index contributed by atoms with van der Waals surface area (Å²) in [5, 5.41) is 17.5. The normalized spacial score (nSPS) is 20.8. The fourth-order valence-corrected chi connectivity index (χ4v) is 13.8. The molecule has 2 fully saturated rings. The topological polar surface area (TPSA) is 365 Å². The summed E-state index contributed by atoms with van der Waals surface area (Å²) in [5.41, 5.74) is 6.80. The minimum atomic E-state index is -1.65. The number of amides is 6. The van der Waals surface area contributed by atoms with Crippen LogP contribution in [0.2, 0.25) is 5.02 Å². The Morgan fingerprint density at radius 2 is 1.36 bits per heavy atom. The second kappa shape index (κ2) is 50.1. The number of urea groups is 1. The molecular weight excluding hydrogens is 1480 g/mol. The third kappa shape index (κ3) is 34.1. The standard InChI is InChI=1S/C83H127ClN6O23/c1-53(2)42-62(43-54(3)4)67(92)20-17-30-104-32-34-106-36-38-108-40-41-109-39-37-107-35-33-105-31-27-63(91)48-64(55(5)6)79(97)87-65(19-16-28-86-81(85)99)68(93)46-59-22-24-60(25-23-59)52-110-82(100)88(10)29-26-73(94)89(11)58(9)80(98)112-70-49-74(95)90(12)66-45-61(47-69(102-13)76(66)84)44-56(7)18-15-21-72(103-14)83(101)50-71(111-75(96)51-83)57(8)77-78(70)113-77/h15,18,21-25,45,47,53-55,57-58,62,64-65,70-72,77-78,101H,16-17,19-20,26-44,46,48-52H2,1-14H3,(H,87,97)(H3,85,86,99)/b21-15+,56-18+/t57?,58-,64-,65-,70+,71-,72+,77-,78-,83+/m0/s1. The number of ether oxygens (including phenoxy) is 12. The number of primary amides is 1. The second-order valence-corrected chi connectivity index (χ2v) is 31.2. The Balaban J connectivity index is 1.02. The summed E-state index contributed by atoms with van der Waals surface area (Å²) in [4.78, 5) is 138. The molecule has 0 radical (unpaired) electrons. The summed E-state index contributed by atoms with van der Waals surface area (Å²) in [6, 6.07) is 7.37. The van der Waals surface area contributed by atoms with Gasteiger partial charge in [0.1, 0.15) is 65.0 Å². The van der Waals surface area contributed by atoms with Gasteiger partial charge in [-0.25, -0.2) is 14.4 Å². The van der Waals surface area contributed by atoms with Gasteiger partial charge in [-0.05, 0) is 98.9 Å². The minimum Gasteiger partial charge on any atom is -0.495 e. The minimum absolute atomic E-state index is 0.00647. The number of allylic oxidation sites excluding steroid dienone is 3. The Bertz CT molecular complexity index is 3420. The van der Waals surface area contributed by atoms with Crippen LogP contribution in [0, 0.1) is 35.5 Å². The van der Waals surface area contributed by atoms with Crippen molar-refractivity contribution in [3.63, 3.8) is 0 Å². The van der Waals surface area contributed by atoms with Crippen LogP contribution >= 0.6 is 11.6 Å². The molecule has 113 heavy (non-hydrogen) atoms. The Morgan fingerprint density at radius 3 is 1.94 bits per heavy atom. The second-order valence-electron chi connectivity index (χ2n) is 30.8. The van der Waals surface area contributed by atoms with E-state index in [1.807, 2.05) is 26.8 Å². The number of esters is 2. The van der Waals surface area contributed by atoms with Crippen molar-refractivity contribution in [3.05, 3.63) is 81.9 Å². The number of likely N-dealkylation sites (N-methyl/N-ethyl adjacent to an activating group) is 1. The first-order valence-corrected chi connectivity index (χ1v) is 40.0. The predicted octanol–water partition coefficient (Wildman–Crippen LogP) is 8.86. The number of ketones is 3. The van der Waals surface area contributed by atoms with Crippen LogP contribution in [0.15, 0.2) is 60.2 Å². The van der Waals surface area contributed by atoms with E-state index in [9.17, 15) is 53.1 Å². The molecule has 0 aliphatic carbocycles. The van der Waals surface area contributed by atoms with E-state index < -0.39 is 108 Å². The largest absolute Gasteiger partial charge is 0.495 e. The zero-order valence-electron chi connectivity index (χ0n) is 68.9. The van der Waals surface area contributed by atoms with Crippen molar-refractivity contribution in [1.29, 1.82) is 0 Å². The monoisotopic (exact) mass is 1610 g/mol. The Labute approximate surface area is 672 Å². The van der Waals surface area contributed by atoms with Crippen LogP contribution in [0.25, 0.3) is 0 Å². The van der Waals surface area contributed by atoms with Gasteiger partial charge < -0.3 is 93.0 Å². The van der Waals surface area contributed by atoms with Crippen molar-refractivity contribution in [3.8, 4) is 5.75 Å². The van der Waals surface area contributed by atoms with Crippen molar-refractivity contribution in [1.82, 2.24) is 20.4 Å². The molecule has 4 bridgehead atoms. The molecule has 5 N–H and O–H groups in total. The number of halogens is 1. The van der Waals surface area contributed by atoms with Crippen LogP contribution in [-0.4, -0.2) is 250 Å². The van der Waals surface area contributed by atoms with Crippen LogP contribution in [0.5, 0.6) is 5.75 Å². The molecule has 30 heteroatoms. The number of Topliss-reactive ketones (excluding diaryl/α,β-unsaturated/α-hetero) is 3. The fourth-order valence-electron chi connectivity index (χ4n) is 13.5. The lowest BCUT2D eigenvalue weighted by molar-refractivity contribution is -0.187. The third-order valence-corrected chi connectivity index (χ3v) is 20.7. The van der Waals surface area contributed by atoms with Crippen molar-refractivity contribution in [2.45, 2.75) is 207 Å². The average molecular weight is 1610 g/mol. The zero-order valence-corrected chi connectivity index (χ0v) is 69.7. The maximum atomic E-state index is 14.4. The molecule has 1 unspecified atom stereocenters. The first kappa shape index (κ1) is 96.1. The molecule has 10 atom stereocenters. The molecule has 3 heterocycles. The first-order chi connectivity index (χ1) is 53.7. The molecule has 3 aliphatic rings. The average Bonchev–Trinajstić information content (AvgIpc) is 1.61. The van der Waals surface area contributed by atoms with Gasteiger partial charge in [0.25, 0.3) is 0 Å². The lowest BCUT2D eigenvalue weighted by atomic mass is 9.80. The number of anilines is 1. The number of nitrogens with zero attached hydrogens (tertiary/aromatic N) is 3. The number of hydrogen-bond acceptors (Lipinski definition) is 23. The Morgan fingerprint density at radius 1 is 0.770 bits per heavy atom. The van der Waals surface area contributed by atoms with Gasteiger partial charge in [-0.15, -0.1) is 0 Å². The van der Waals surface area contributed by atoms with E-state index in [0.29, 0.717) is 125 Å². The lowest BCUT2D eigenvalue weighted by Gasteiger charge is -2.41. The highest BCUT2D eigenvalue weighted by atomic mass is 35.5. The number of benzene rings is 2. The number of carbonyl (C=O) groups excluding carboxylic acids is 10. The van der Waals surface area contributed by atoms with Gasteiger partial charge >= 0.3 is 24.1 Å². The van der Waals surface area contributed by atoms with Gasteiger partial charge in [0.05, 0.1) is 110 Å². The molecule has 6 amide bonds. The van der Waals surface area contributed by atoms with E-state index in [4.69, 9.17) is 74.2 Å².